The molecule has 3 aromatic carbocycles. The van der Waals surface area contributed by atoms with Gasteiger partial charge in [-0.3, -0.25) is 14.6 Å². The molecule has 0 saturated carbocycles. The van der Waals surface area contributed by atoms with Crippen LogP contribution in [0.25, 0.3) is 0 Å². The van der Waals surface area contributed by atoms with Gasteiger partial charge in [0.15, 0.2) is 5.78 Å². The van der Waals surface area contributed by atoms with E-state index in [1.54, 1.807) is 0 Å². The predicted octanol–water partition coefficient (Wildman–Crippen LogP) is 5.53. The number of nitrogens with zero attached hydrogens (tertiary/aromatic N) is 2. The van der Waals surface area contributed by atoms with Gasteiger partial charge in [-0.15, -0.1) is 0 Å². The van der Waals surface area contributed by atoms with E-state index < -0.39 is 17.6 Å². The van der Waals surface area contributed by atoms with E-state index in [-0.39, 0.29) is 37.6 Å². The Hall–Kier alpha value is -3.86. The van der Waals surface area contributed by atoms with Crippen LogP contribution in [0, 0.1) is 0 Å². The average Bonchev–Trinajstić information content (AvgIpc) is 3.75. The van der Waals surface area contributed by atoms with E-state index in [0.29, 0.717) is 39.3 Å². The van der Waals surface area contributed by atoms with Crippen molar-refractivity contribution in [3.63, 3.8) is 0 Å². The highest BCUT2D eigenvalue weighted by atomic mass is 32.2. The van der Waals surface area contributed by atoms with Gasteiger partial charge in [0.25, 0.3) is 0 Å². The molecule has 2 fully saturated rings. The van der Waals surface area contributed by atoms with Crippen molar-refractivity contribution in [1.29, 1.82) is 0 Å². The first-order valence-electron chi connectivity index (χ1n) is 14.5. The largest absolute Gasteiger partial charge is 0.444 e. The average molecular weight is 605 g/mol. The zero-order valence-corrected chi connectivity index (χ0v) is 24.7. The van der Waals surface area contributed by atoms with Gasteiger partial charge in [0, 0.05) is 24.3 Å². The van der Waals surface area contributed by atoms with Crippen LogP contribution in [0.5, 0.6) is 0 Å². The van der Waals surface area contributed by atoms with Gasteiger partial charge < -0.3 is 18.9 Å². The first-order chi connectivity index (χ1) is 21.0. The summed E-state index contributed by atoms with van der Waals surface area (Å²) in [4.78, 5) is 45.1. The van der Waals surface area contributed by atoms with Crippen LogP contribution >= 0.6 is 11.8 Å². The summed E-state index contributed by atoms with van der Waals surface area (Å²) in [7, 11) is 0. The summed E-state index contributed by atoms with van der Waals surface area (Å²) in [5.74, 6) is -0.333. The van der Waals surface area contributed by atoms with E-state index in [0.717, 1.165) is 16.0 Å². The van der Waals surface area contributed by atoms with Gasteiger partial charge in [0.2, 0.25) is 0 Å². The molecule has 2 aliphatic heterocycles. The molecule has 0 N–H and O–H groups in total. The minimum absolute atomic E-state index is 0.145. The lowest BCUT2D eigenvalue weighted by atomic mass is 10.2. The SMILES string of the molecule is O=C(CN(Cc1ccccc1)C(=O)O[C@@H]1CCOC1)C(Sc1ccccc1)N(Cc1ccccc1)C(=O)O[C@H]1CCOC1. The summed E-state index contributed by atoms with van der Waals surface area (Å²) >= 11 is 1.25. The Balaban J connectivity index is 1.43. The summed E-state index contributed by atoms with van der Waals surface area (Å²) in [5, 5.41) is -0.988. The molecule has 0 bridgehead atoms. The van der Waals surface area contributed by atoms with Crippen LogP contribution in [0.4, 0.5) is 9.59 Å². The first kappa shape index (κ1) is 30.6. The Bertz CT molecular complexity index is 1320. The van der Waals surface area contributed by atoms with E-state index in [9.17, 15) is 14.4 Å². The summed E-state index contributed by atoms with van der Waals surface area (Å²) in [6, 6.07) is 28.3. The van der Waals surface area contributed by atoms with Crippen LogP contribution in [0.3, 0.4) is 0 Å². The van der Waals surface area contributed by atoms with Gasteiger partial charge >= 0.3 is 12.2 Å². The Morgan fingerprint density at radius 3 is 1.77 bits per heavy atom. The highest BCUT2D eigenvalue weighted by molar-refractivity contribution is 8.00. The molecule has 2 amide bonds. The molecule has 43 heavy (non-hydrogen) atoms. The molecule has 1 unspecified atom stereocenters. The number of amides is 2. The number of hydrogen-bond donors (Lipinski definition) is 0. The molecule has 5 rings (SSSR count). The van der Waals surface area contributed by atoms with Crippen LogP contribution in [-0.4, -0.2) is 78.3 Å². The lowest BCUT2D eigenvalue weighted by Gasteiger charge is -2.32. The van der Waals surface area contributed by atoms with E-state index in [1.165, 1.54) is 21.6 Å². The molecule has 0 aliphatic carbocycles. The third-order valence-corrected chi connectivity index (χ3v) is 8.40. The summed E-state index contributed by atoms with van der Waals surface area (Å²) in [6.45, 7) is 1.73. The summed E-state index contributed by atoms with van der Waals surface area (Å²) in [5.41, 5.74) is 1.69. The quantitative estimate of drug-likeness (QED) is 0.197. The van der Waals surface area contributed by atoms with E-state index in [1.807, 2.05) is 91.0 Å². The number of benzene rings is 3. The molecule has 0 spiro atoms. The summed E-state index contributed by atoms with van der Waals surface area (Å²) in [6.07, 6.45) is -0.767. The zero-order chi connectivity index (χ0) is 29.9. The standard InChI is InChI=1S/C33H36N2O7S/c36-30(22-34(20-25-10-4-1-5-11-25)32(37)41-27-16-18-39-23-27)31(43-29-14-8-3-9-15-29)35(21-26-12-6-2-7-13-26)33(38)42-28-17-19-40-24-28/h1-15,27-28,31H,16-24H2/t27-,28+,31?/m1/s1. The number of carbonyl (C=O) groups is 3. The van der Waals surface area contributed by atoms with Gasteiger partial charge in [-0.25, -0.2) is 9.59 Å². The lowest BCUT2D eigenvalue weighted by molar-refractivity contribution is -0.122. The molecule has 3 atom stereocenters. The normalized spacial score (nSPS) is 18.5. The van der Waals surface area contributed by atoms with Crippen molar-refractivity contribution in [1.82, 2.24) is 9.80 Å². The van der Waals surface area contributed by atoms with Crippen molar-refractivity contribution in [3.8, 4) is 0 Å². The molecule has 2 aliphatic rings. The fraction of sp³-hybridized carbons (Fsp3) is 0.364. The minimum Gasteiger partial charge on any atom is -0.444 e. The third kappa shape index (κ3) is 9.06. The molecule has 0 radical (unpaired) electrons. The van der Waals surface area contributed by atoms with E-state index in [2.05, 4.69) is 0 Å². The smallest absolute Gasteiger partial charge is 0.411 e. The van der Waals surface area contributed by atoms with E-state index in [4.69, 9.17) is 18.9 Å². The number of ether oxygens (including phenoxy) is 4. The number of Topliss-reactive ketones (excluding diaryl/α,β-unsaturated/α-hetero) is 1. The Morgan fingerprint density at radius 2 is 1.23 bits per heavy atom. The van der Waals surface area contributed by atoms with Crippen molar-refractivity contribution in [2.24, 2.45) is 0 Å². The van der Waals surface area contributed by atoms with Crippen molar-refractivity contribution in [2.75, 3.05) is 33.0 Å². The lowest BCUT2D eigenvalue weighted by Crippen LogP contribution is -2.48. The van der Waals surface area contributed by atoms with Crippen LogP contribution in [0.15, 0.2) is 95.9 Å². The number of rotatable bonds is 12. The molecule has 10 heteroatoms. The predicted molar refractivity (Wildman–Crippen MR) is 161 cm³/mol. The Kier molecular flexibility index (Phi) is 11.1. The molecule has 9 nitrogen and oxygen atoms in total. The van der Waals surface area contributed by atoms with Crippen LogP contribution in [0.2, 0.25) is 0 Å². The second-order valence-corrected chi connectivity index (χ2v) is 11.6. The second-order valence-electron chi connectivity index (χ2n) is 10.4. The van der Waals surface area contributed by atoms with Gasteiger partial charge in [-0.1, -0.05) is 90.6 Å². The number of carbonyl (C=O) groups excluding carboxylic acids is 3. The maximum absolute atomic E-state index is 14.3. The van der Waals surface area contributed by atoms with Gasteiger partial charge in [-0.2, -0.15) is 0 Å². The van der Waals surface area contributed by atoms with Gasteiger partial charge in [0.05, 0.1) is 39.5 Å². The molecule has 2 saturated heterocycles. The highest BCUT2D eigenvalue weighted by Crippen LogP contribution is 2.29. The van der Waals surface area contributed by atoms with Gasteiger partial charge in [-0.05, 0) is 23.3 Å². The topological polar surface area (TPSA) is 94.6 Å². The minimum atomic E-state index is -0.988. The molecular weight excluding hydrogens is 568 g/mol. The van der Waals surface area contributed by atoms with Gasteiger partial charge in [0.1, 0.15) is 17.6 Å². The molecule has 226 valence electrons. The highest BCUT2D eigenvalue weighted by Gasteiger charge is 2.36. The fourth-order valence-corrected chi connectivity index (χ4v) is 5.91. The molecule has 3 aromatic rings. The van der Waals surface area contributed by atoms with E-state index >= 15 is 0 Å². The number of thioether (sulfide) groups is 1. The van der Waals surface area contributed by atoms with Crippen molar-refractivity contribution in [2.45, 2.75) is 48.4 Å². The summed E-state index contributed by atoms with van der Waals surface area (Å²) < 4.78 is 22.3. The second kappa shape index (κ2) is 15.6. The number of ketones is 1. The number of hydrogen-bond acceptors (Lipinski definition) is 8. The van der Waals surface area contributed by atoms with Crippen LogP contribution in [-0.2, 0) is 36.8 Å². The maximum atomic E-state index is 14.3. The molecule has 2 heterocycles. The van der Waals surface area contributed by atoms with Crippen molar-refractivity contribution in [3.05, 3.63) is 102 Å². The van der Waals surface area contributed by atoms with Crippen molar-refractivity contribution >= 4 is 29.7 Å². The van der Waals surface area contributed by atoms with Crippen LogP contribution < -0.4 is 0 Å². The molecule has 0 aromatic heterocycles. The first-order valence-corrected chi connectivity index (χ1v) is 15.3. The maximum Gasteiger partial charge on any atom is 0.411 e. The fourth-order valence-electron chi connectivity index (χ4n) is 4.85. The zero-order valence-electron chi connectivity index (χ0n) is 23.9. The molecular formula is C33H36N2O7S. The van der Waals surface area contributed by atoms with Crippen molar-refractivity contribution < 1.29 is 33.3 Å². The third-order valence-electron chi connectivity index (χ3n) is 7.11. The van der Waals surface area contributed by atoms with Crippen LogP contribution in [0.1, 0.15) is 24.0 Å². The Morgan fingerprint density at radius 1 is 0.721 bits per heavy atom. The monoisotopic (exact) mass is 604 g/mol. The Labute approximate surface area is 256 Å².